The molecule has 1 aliphatic heterocycles. The van der Waals surface area contributed by atoms with E-state index in [9.17, 15) is 13.2 Å². The molecule has 3 rings (SSSR count). The Morgan fingerprint density at radius 2 is 2.04 bits per heavy atom. The van der Waals surface area contributed by atoms with Crippen molar-refractivity contribution in [2.45, 2.75) is 12.8 Å². The van der Waals surface area contributed by atoms with E-state index < -0.39 is 10.0 Å². The number of benzene rings is 1. The normalized spacial score (nSPS) is 16.0. The summed E-state index contributed by atoms with van der Waals surface area (Å²) in [4.78, 5) is 16.1. The van der Waals surface area contributed by atoms with Gasteiger partial charge in [-0.05, 0) is 36.2 Å². The Morgan fingerprint density at radius 1 is 1.24 bits per heavy atom. The quantitative estimate of drug-likeness (QED) is 0.800. The maximum Gasteiger partial charge on any atom is 0.235 e. The molecule has 0 unspecified atom stereocenters. The molecule has 1 aromatic heterocycles. The zero-order valence-corrected chi connectivity index (χ0v) is 15.4. The first-order valence-corrected chi connectivity index (χ1v) is 9.92. The van der Waals surface area contributed by atoms with Gasteiger partial charge in [-0.3, -0.25) is 9.10 Å². The van der Waals surface area contributed by atoms with Gasteiger partial charge in [-0.1, -0.05) is 29.3 Å². The van der Waals surface area contributed by atoms with Crippen LogP contribution in [0.15, 0.2) is 36.5 Å². The third kappa shape index (κ3) is 4.23. The minimum atomic E-state index is -3.29. The lowest BCUT2D eigenvalue weighted by atomic mass is 10.2. The van der Waals surface area contributed by atoms with Gasteiger partial charge in [0.05, 0.1) is 28.6 Å². The van der Waals surface area contributed by atoms with E-state index in [-0.39, 0.29) is 18.1 Å². The number of amides is 1. The van der Waals surface area contributed by atoms with E-state index in [2.05, 4.69) is 10.3 Å². The second-order valence-corrected chi connectivity index (χ2v) is 8.43. The minimum absolute atomic E-state index is 0.104. The fraction of sp³-hybridized carbons (Fsp3) is 0.250. The molecule has 1 aromatic carbocycles. The van der Waals surface area contributed by atoms with Gasteiger partial charge in [-0.15, -0.1) is 0 Å². The minimum Gasteiger partial charge on any atom is -0.324 e. The van der Waals surface area contributed by atoms with Crippen LogP contribution in [0.1, 0.15) is 12.0 Å². The monoisotopic (exact) mass is 399 g/mol. The second kappa shape index (κ2) is 7.19. The summed E-state index contributed by atoms with van der Waals surface area (Å²) in [6.45, 7) is 0.424. The molecule has 0 spiro atoms. The first-order valence-electron chi connectivity index (χ1n) is 7.55. The summed E-state index contributed by atoms with van der Waals surface area (Å²) in [5.74, 6) is -0.159. The number of carbonyl (C=O) groups excluding carboxylic acids is 1. The molecular weight excluding hydrogens is 385 g/mol. The molecule has 1 N–H and O–H groups in total. The van der Waals surface area contributed by atoms with Crippen LogP contribution < -0.4 is 9.62 Å². The Kier molecular flexibility index (Phi) is 5.17. The van der Waals surface area contributed by atoms with E-state index in [0.29, 0.717) is 40.1 Å². The van der Waals surface area contributed by atoms with Gasteiger partial charge in [-0.25, -0.2) is 13.4 Å². The average Bonchev–Trinajstić information content (AvgIpc) is 2.91. The lowest BCUT2D eigenvalue weighted by Gasteiger charge is -2.18. The molecule has 1 amide bonds. The molecular formula is C16H15Cl2N3O3S. The maximum atomic E-state index is 12.2. The van der Waals surface area contributed by atoms with Gasteiger partial charge in [-0.2, -0.15) is 0 Å². The van der Waals surface area contributed by atoms with E-state index in [1.54, 1.807) is 30.3 Å². The Balaban J connectivity index is 1.76. The van der Waals surface area contributed by atoms with Crippen LogP contribution in [0.2, 0.25) is 10.2 Å². The van der Waals surface area contributed by atoms with Crippen LogP contribution in [0.4, 0.5) is 11.4 Å². The van der Waals surface area contributed by atoms with E-state index >= 15 is 0 Å². The summed E-state index contributed by atoms with van der Waals surface area (Å²) in [7, 11) is -3.29. The van der Waals surface area contributed by atoms with Crippen molar-refractivity contribution in [1.29, 1.82) is 0 Å². The number of carbonyl (C=O) groups is 1. The largest absolute Gasteiger partial charge is 0.324 e. The third-order valence-electron chi connectivity index (χ3n) is 3.76. The standard InChI is InChI=1S/C16H15Cl2N3O3S/c17-13-4-3-12(21-6-1-7-25(21,23)24)9-14(13)20-16(22)8-11-2-5-15(18)19-10-11/h2-5,9-10H,1,6-8H2,(H,20,22). The van der Waals surface area contributed by atoms with Crippen molar-refractivity contribution in [2.75, 3.05) is 21.9 Å². The molecule has 0 atom stereocenters. The number of pyridine rings is 1. The fourth-order valence-corrected chi connectivity index (χ4v) is 4.42. The molecule has 1 aliphatic rings. The number of hydrogen-bond donors (Lipinski definition) is 1. The summed E-state index contributed by atoms with van der Waals surface area (Å²) in [6.07, 6.45) is 2.21. The Hall–Kier alpha value is -1.83. The van der Waals surface area contributed by atoms with Crippen LogP contribution in [0.25, 0.3) is 0 Å². The van der Waals surface area contributed by atoms with Crippen LogP contribution in [0.5, 0.6) is 0 Å². The van der Waals surface area contributed by atoms with Gasteiger partial charge >= 0.3 is 0 Å². The number of halogens is 2. The van der Waals surface area contributed by atoms with Crippen LogP contribution >= 0.6 is 23.2 Å². The first kappa shape index (κ1) is 18.0. The molecule has 9 heteroatoms. The van der Waals surface area contributed by atoms with E-state index in [1.165, 1.54) is 10.5 Å². The van der Waals surface area contributed by atoms with Gasteiger partial charge in [0.15, 0.2) is 0 Å². The van der Waals surface area contributed by atoms with E-state index in [0.717, 1.165) is 0 Å². The smallest absolute Gasteiger partial charge is 0.235 e. The van der Waals surface area contributed by atoms with Gasteiger partial charge in [0.2, 0.25) is 15.9 Å². The van der Waals surface area contributed by atoms with Gasteiger partial charge in [0.1, 0.15) is 5.15 Å². The molecule has 1 saturated heterocycles. The SMILES string of the molecule is O=C(Cc1ccc(Cl)nc1)Nc1cc(N2CCCS2(=O)=O)ccc1Cl. The Bertz CT molecular complexity index is 901. The molecule has 6 nitrogen and oxygen atoms in total. The summed E-state index contributed by atoms with van der Waals surface area (Å²) < 4.78 is 25.4. The van der Waals surface area contributed by atoms with Gasteiger partial charge < -0.3 is 5.32 Å². The summed E-state index contributed by atoms with van der Waals surface area (Å²) in [6, 6.07) is 8.09. The third-order valence-corrected chi connectivity index (χ3v) is 6.19. The molecule has 0 saturated carbocycles. The van der Waals surface area contributed by atoms with Crippen LogP contribution in [0.3, 0.4) is 0 Å². The molecule has 0 radical (unpaired) electrons. The van der Waals surface area contributed by atoms with E-state index in [1.807, 2.05) is 0 Å². The predicted molar refractivity (Wildman–Crippen MR) is 98.8 cm³/mol. The van der Waals surface area contributed by atoms with Crippen molar-refractivity contribution in [3.63, 3.8) is 0 Å². The van der Waals surface area contributed by atoms with Crippen molar-refractivity contribution in [3.8, 4) is 0 Å². The first-order chi connectivity index (χ1) is 11.8. The summed E-state index contributed by atoms with van der Waals surface area (Å²) in [5.41, 5.74) is 1.56. The Labute approximate surface area is 155 Å². The van der Waals surface area contributed by atoms with Crippen LogP contribution in [-0.2, 0) is 21.2 Å². The molecule has 2 heterocycles. The molecule has 132 valence electrons. The van der Waals surface area contributed by atoms with Crippen LogP contribution in [0, 0.1) is 0 Å². The summed E-state index contributed by atoms with van der Waals surface area (Å²) in [5, 5.41) is 3.40. The highest BCUT2D eigenvalue weighted by atomic mass is 35.5. The average molecular weight is 400 g/mol. The highest BCUT2D eigenvalue weighted by Gasteiger charge is 2.28. The van der Waals surface area contributed by atoms with Crippen LogP contribution in [-0.4, -0.2) is 31.6 Å². The molecule has 0 bridgehead atoms. The van der Waals surface area contributed by atoms with Gasteiger partial charge in [0.25, 0.3) is 0 Å². The van der Waals surface area contributed by atoms with Crippen molar-refractivity contribution < 1.29 is 13.2 Å². The number of aromatic nitrogens is 1. The van der Waals surface area contributed by atoms with Gasteiger partial charge in [0, 0.05) is 12.7 Å². The summed E-state index contributed by atoms with van der Waals surface area (Å²) >= 11 is 11.8. The predicted octanol–water partition coefficient (Wildman–Crippen LogP) is 3.11. The molecule has 2 aromatic rings. The zero-order valence-electron chi connectivity index (χ0n) is 13.1. The lowest BCUT2D eigenvalue weighted by Crippen LogP contribution is -2.25. The number of sulfonamides is 1. The fourth-order valence-electron chi connectivity index (χ4n) is 2.58. The highest BCUT2D eigenvalue weighted by molar-refractivity contribution is 7.93. The van der Waals surface area contributed by atoms with Crippen molar-refractivity contribution in [1.82, 2.24) is 4.98 Å². The number of rotatable bonds is 4. The van der Waals surface area contributed by atoms with Crippen molar-refractivity contribution in [3.05, 3.63) is 52.3 Å². The Morgan fingerprint density at radius 3 is 2.68 bits per heavy atom. The molecule has 1 fully saturated rings. The van der Waals surface area contributed by atoms with E-state index in [4.69, 9.17) is 23.2 Å². The topological polar surface area (TPSA) is 79.4 Å². The lowest BCUT2D eigenvalue weighted by molar-refractivity contribution is -0.115. The number of nitrogens with one attached hydrogen (secondary N) is 1. The number of nitrogens with zero attached hydrogens (tertiary/aromatic N) is 2. The van der Waals surface area contributed by atoms with Crippen molar-refractivity contribution >= 4 is 50.5 Å². The molecule has 25 heavy (non-hydrogen) atoms. The highest BCUT2D eigenvalue weighted by Crippen LogP contribution is 2.31. The number of hydrogen-bond acceptors (Lipinski definition) is 4. The maximum absolute atomic E-state index is 12.2. The zero-order chi connectivity index (χ0) is 18.0. The number of anilines is 2. The molecule has 0 aliphatic carbocycles. The second-order valence-electron chi connectivity index (χ2n) is 5.62. The van der Waals surface area contributed by atoms with Crippen molar-refractivity contribution in [2.24, 2.45) is 0 Å².